The lowest BCUT2D eigenvalue weighted by Crippen LogP contribution is -2.46. The van der Waals surface area contributed by atoms with Gasteiger partial charge in [-0.25, -0.2) is 4.79 Å². The van der Waals surface area contributed by atoms with E-state index < -0.39 is 0 Å². The Morgan fingerprint density at radius 1 is 1.47 bits per heavy atom. The lowest BCUT2D eigenvalue weighted by molar-refractivity contribution is 0.121. The molecule has 1 saturated heterocycles. The summed E-state index contributed by atoms with van der Waals surface area (Å²) in [7, 11) is 0. The van der Waals surface area contributed by atoms with E-state index >= 15 is 0 Å². The summed E-state index contributed by atoms with van der Waals surface area (Å²) in [4.78, 5) is 13.8. The van der Waals surface area contributed by atoms with Crippen LogP contribution in [0.25, 0.3) is 0 Å². The summed E-state index contributed by atoms with van der Waals surface area (Å²) in [5, 5.41) is 2.92. The van der Waals surface area contributed by atoms with Gasteiger partial charge in [0.2, 0.25) is 0 Å². The minimum atomic E-state index is -0.282. The number of hydrogen-bond acceptors (Lipinski definition) is 4. The van der Waals surface area contributed by atoms with Gasteiger partial charge in [0.15, 0.2) is 0 Å². The standard InChI is InChI=1S/C12H25N3O2/c1-10(2)9-17-12(16)14-11-3-6-15(7-4-11)8-5-13/h10-11H,3-9,13H2,1-2H3,(H,14,16). The number of rotatable bonds is 5. The average molecular weight is 243 g/mol. The molecule has 3 N–H and O–H groups in total. The Balaban J connectivity index is 2.14. The summed E-state index contributed by atoms with van der Waals surface area (Å²) in [6, 6.07) is 0.253. The SMILES string of the molecule is CC(C)COC(=O)NC1CCN(CCN)CC1. The van der Waals surface area contributed by atoms with Crippen LogP contribution in [-0.2, 0) is 4.74 Å². The Labute approximate surface area is 104 Å². The number of hydrogen-bond donors (Lipinski definition) is 2. The maximum atomic E-state index is 11.5. The molecule has 0 spiro atoms. The minimum Gasteiger partial charge on any atom is -0.449 e. The molecule has 0 aromatic carbocycles. The van der Waals surface area contributed by atoms with Crippen molar-refractivity contribution in [2.45, 2.75) is 32.7 Å². The maximum Gasteiger partial charge on any atom is 0.407 e. The van der Waals surface area contributed by atoms with Gasteiger partial charge < -0.3 is 20.7 Å². The lowest BCUT2D eigenvalue weighted by atomic mass is 10.1. The summed E-state index contributed by atoms with van der Waals surface area (Å²) in [5.74, 6) is 0.382. The number of nitrogens with two attached hydrogens (primary N) is 1. The molecule has 5 heteroatoms. The number of nitrogens with one attached hydrogen (secondary N) is 1. The summed E-state index contributed by atoms with van der Waals surface area (Å²) < 4.78 is 5.10. The molecule has 0 aliphatic carbocycles. The quantitative estimate of drug-likeness (QED) is 0.749. The van der Waals surface area contributed by atoms with Crippen molar-refractivity contribution in [3.8, 4) is 0 Å². The van der Waals surface area contributed by atoms with E-state index in [2.05, 4.69) is 10.2 Å². The summed E-state index contributed by atoms with van der Waals surface area (Å²) in [5.41, 5.74) is 5.51. The van der Waals surface area contributed by atoms with E-state index in [1.807, 2.05) is 13.8 Å². The van der Waals surface area contributed by atoms with Crippen LogP contribution in [-0.4, -0.2) is 49.8 Å². The zero-order valence-electron chi connectivity index (χ0n) is 10.9. The number of nitrogens with zero attached hydrogens (tertiary/aromatic N) is 1. The molecule has 0 atom stereocenters. The van der Waals surface area contributed by atoms with Gasteiger partial charge in [0, 0.05) is 32.2 Å². The lowest BCUT2D eigenvalue weighted by Gasteiger charge is -2.31. The molecule has 0 aromatic heterocycles. The molecule has 1 rings (SSSR count). The normalized spacial score (nSPS) is 18.4. The molecule has 1 heterocycles. The van der Waals surface area contributed by atoms with Crippen molar-refractivity contribution in [2.24, 2.45) is 11.7 Å². The Kier molecular flexibility index (Phi) is 6.29. The van der Waals surface area contributed by atoms with Crippen molar-refractivity contribution in [3.05, 3.63) is 0 Å². The molecule has 1 amide bonds. The predicted molar refractivity (Wildman–Crippen MR) is 67.8 cm³/mol. The van der Waals surface area contributed by atoms with Crippen molar-refractivity contribution in [2.75, 3.05) is 32.8 Å². The molecule has 100 valence electrons. The zero-order chi connectivity index (χ0) is 12.7. The van der Waals surface area contributed by atoms with Gasteiger partial charge in [0.25, 0.3) is 0 Å². The first-order valence-electron chi connectivity index (χ1n) is 6.47. The van der Waals surface area contributed by atoms with Gasteiger partial charge >= 0.3 is 6.09 Å². The van der Waals surface area contributed by atoms with Crippen LogP contribution in [0.3, 0.4) is 0 Å². The summed E-state index contributed by atoms with van der Waals surface area (Å²) in [6.07, 6.45) is 1.68. The fourth-order valence-electron chi connectivity index (χ4n) is 1.93. The van der Waals surface area contributed by atoms with Gasteiger partial charge in [0.1, 0.15) is 0 Å². The van der Waals surface area contributed by atoms with E-state index in [9.17, 15) is 4.79 Å². The van der Waals surface area contributed by atoms with Crippen molar-refractivity contribution in [1.29, 1.82) is 0 Å². The van der Waals surface area contributed by atoms with Crippen LogP contribution in [0.5, 0.6) is 0 Å². The van der Waals surface area contributed by atoms with Crippen LogP contribution < -0.4 is 11.1 Å². The number of amides is 1. The highest BCUT2D eigenvalue weighted by Gasteiger charge is 2.20. The Morgan fingerprint density at radius 3 is 2.65 bits per heavy atom. The van der Waals surface area contributed by atoms with Crippen molar-refractivity contribution in [1.82, 2.24) is 10.2 Å². The Hall–Kier alpha value is -0.810. The fraction of sp³-hybridized carbons (Fsp3) is 0.917. The van der Waals surface area contributed by atoms with E-state index in [-0.39, 0.29) is 12.1 Å². The van der Waals surface area contributed by atoms with Gasteiger partial charge in [-0.05, 0) is 18.8 Å². The zero-order valence-corrected chi connectivity index (χ0v) is 10.9. The third kappa shape index (κ3) is 5.89. The molecule has 0 unspecified atom stereocenters. The van der Waals surface area contributed by atoms with Gasteiger partial charge in [-0.2, -0.15) is 0 Å². The van der Waals surface area contributed by atoms with Crippen LogP contribution >= 0.6 is 0 Å². The second kappa shape index (κ2) is 7.50. The van der Waals surface area contributed by atoms with E-state index in [4.69, 9.17) is 10.5 Å². The van der Waals surface area contributed by atoms with Crippen LogP contribution in [0.15, 0.2) is 0 Å². The summed E-state index contributed by atoms with van der Waals surface area (Å²) >= 11 is 0. The molecule has 1 aliphatic rings. The second-order valence-electron chi connectivity index (χ2n) is 5.04. The van der Waals surface area contributed by atoms with Crippen molar-refractivity contribution in [3.63, 3.8) is 0 Å². The number of ether oxygens (including phenoxy) is 1. The molecule has 1 aliphatic heterocycles. The van der Waals surface area contributed by atoms with Crippen molar-refractivity contribution < 1.29 is 9.53 Å². The minimum absolute atomic E-state index is 0.253. The highest BCUT2D eigenvalue weighted by molar-refractivity contribution is 5.67. The van der Waals surface area contributed by atoms with Gasteiger partial charge in [-0.3, -0.25) is 0 Å². The fourth-order valence-corrected chi connectivity index (χ4v) is 1.93. The van der Waals surface area contributed by atoms with Gasteiger partial charge in [-0.1, -0.05) is 13.8 Å². The predicted octanol–water partition coefficient (Wildman–Crippen LogP) is 0.792. The topological polar surface area (TPSA) is 67.6 Å². The molecule has 17 heavy (non-hydrogen) atoms. The second-order valence-corrected chi connectivity index (χ2v) is 5.04. The molecule has 0 aromatic rings. The summed E-state index contributed by atoms with van der Waals surface area (Å²) in [6.45, 7) is 8.20. The first kappa shape index (κ1) is 14.3. The van der Waals surface area contributed by atoms with Gasteiger partial charge in [0.05, 0.1) is 6.61 Å². The highest BCUT2D eigenvalue weighted by Crippen LogP contribution is 2.09. The smallest absolute Gasteiger partial charge is 0.407 e. The van der Waals surface area contributed by atoms with E-state index in [1.165, 1.54) is 0 Å². The number of alkyl carbamates (subject to hydrolysis) is 1. The van der Waals surface area contributed by atoms with Crippen LogP contribution in [0.2, 0.25) is 0 Å². The number of carbonyl (C=O) groups is 1. The molecular formula is C12H25N3O2. The molecule has 5 nitrogen and oxygen atoms in total. The number of likely N-dealkylation sites (tertiary alicyclic amines) is 1. The van der Waals surface area contributed by atoms with Crippen LogP contribution in [0.1, 0.15) is 26.7 Å². The van der Waals surface area contributed by atoms with E-state index in [0.717, 1.165) is 32.5 Å². The molecule has 0 saturated carbocycles. The largest absolute Gasteiger partial charge is 0.449 e. The Morgan fingerprint density at radius 2 is 2.12 bits per heavy atom. The number of carbonyl (C=O) groups excluding carboxylic acids is 1. The van der Waals surface area contributed by atoms with Crippen LogP contribution in [0.4, 0.5) is 4.79 Å². The molecule has 0 radical (unpaired) electrons. The Bertz CT molecular complexity index is 226. The maximum absolute atomic E-state index is 11.5. The monoisotopic (exact) mass is 243 g/mol. The molecule has 0 bridgehead atoms. The highest BCUT2D eigenvalue weighted by atomic mass is 16.5. The van der Waals surface area contributed by atoms with Gasteiger partial charge in [-0.15, -0.1) is 0 Å². The van der Waals surface area contributed by atoms with E-state index in [0.29, 0.717) is 19.1 Å². The van der Waals surface area contributed by atoms with Crippen LogP contribution in [0, 0.1) is 5.92 Å². The van der Waals surface area contributed by atoms with E-state index in [1.54, 1.807) is 0 Å². The van der Waals surface area contributed by atoms with Crippen molar-refractivity contribution >= 4 is 6.09 Å². The first-order valence-corrected chi connectivity index (χ1v) is 6.47. The average Bonchev–Trinajstić information content (AvgIpc) is 2.29. The molecular weight excluding hydrogens is 218 g/mol. The number of piperidine rings is 1. The first-order chi connectivity index (χ1) is 8.11. The third-order valence-corrected chi connectivity index (χ3v) is 2.90. The third-order valence-electron chi connectivity index (χ3n) is 2.90. The molecule has 1 fully saturated rings.